The number of ether oxygens (including phenoxy) is 1. The maximum atomic E-state index is 11.3. The first-order valence-corrected chi connectivity index (χ1v) is 14.2. The first-order chi connectivity index (χ1) is 16.3. The molecule has 192 valence electrons. The molecule has 1 heterocycles. The highest BCUT2D eigenvalue weighted by atomic mass is 16.5. The molecule has 1 aromatic rings. The summed E-state index contributed by atoms with van der Waals surface area (Å²) >= 11 is 0. The summed E-state index contributed by atoms with van der Waals surface area (Å²) < 4.78 is 7.99. The Labute approximate surface area is 206 Å². The Morgan fingerprint density at radius 1 is 1.12 bits per heavy atom. The fourth-order valence-electron chi connectivity index (χ4n) is 10.2. The molecule has 4 fully saturated rings. The lowest BCUT2D eigenvalue weighted by atomic mass is 9.43. The topological polar surface area (TPSA) is 73.1 Å². The molecule has 0 amide bonds. The first-order valence-electron chi connectivity index (χ1n) is 14.2. The van der Waals surface area contributed by atoms with E-state index in [1.165, 1.54) is 38.5 Å². The van der Waals surface area contributed by atoms with E-state index in [-0.39, 0.29) is 5.41 Å². The van der Waals surface area contributed by atoms with E-state index in [1.54, 1.807) is 0 Å². The van der Waals surface area contributed by atoms with Gasteiger partial charge in [-0.3, -0.25) is 0 Å². The van der Waals surface area contributed by atoms with Crippen LogP contribution in [-0.4, -0.2) is 44.6 Å². The Hall–Kier alpha value is -1.01. The quantitative estimate of drug-likeness (QED) is 0.572. The van der Waals surface area contributed by atoms with Gasteiger partial charge in [-0.05, 0) is 128 Å². The number of rotatable bonds is 7. The molecule has 6 nitrogen and oxygen atoms in total. The lowest BCUT2D eigenvalue weighted by Crippen LogP contribution is -2.58. The second kappa shape index (κ2) is 9.14. The second-order valence-electron chi connectivity index (χ2n) is 13.1. The van der Waals surface area contributed by atoms with Crippen molar-refractivity contribution in [1.29, 1.82) is 0 Å². The van der Waals surface area contributed by atoms with Crippen LogP contribution in [0.15, 0.2) is 0 Å². The van der Waals surface area contributed by atoms with Gasteiger partial charge in [0.2, 0.25) is 0 Å². The van der Waals surface area contributed by atoms with Crippen molar-refractivity contribution in [2.24, 2.45) is 46.3 Å². The van der Waals surface area contributed by atoms with E-state index < -0.39 is 5.60 Å². The summed E-state index contributed by atoms with van der Waals surface area (Å²) in [6.07, 6.45) is 13.2. The van der Waals surface area contributed by atoms with Crippen molar-refractivity contribution >= 4 is 0 Å². The van der Waals surface area contributed by atoms with Crippen LogP contribution in [0.1, 0.15) is 97.2 Å². The third-order valence-corrected chi connectivity index (χ3v) is 11.6. The maximum absolute atomic E-state index is 11.3. The molecule has 34 heavy (non-hydrogen) atoms. The summed E-state index contributed by atoms with van der Waals surface area (Å²) in [5, 5.41) is 23.6. The van der Waals surface area contributed by atoms with Crippen LogP contribution in [0.3, 0.4) is 0 Å². The van der Waals surface area contributed by atoms with Crippen molar-refractivity contribution in [2.75, 3.05) is 13.7 Å². The van der Waals surface area contributed by atoms with Crippen LogP contribution < -0.4 is 0 Å². The van der Waals surface area contributed by atoms with Gasteiger partial charge in [0.15, 0.2) is 0 Å². The summed E-state index contributed by atoms with van der Waals surface area (Å²) in [5.74, 6) is 5.33. The number of hydrogen-bond acceptors (Lipinski definition) is 5. The number of tetrazole rings is 1. The summed E-state index contributed by atoms with van der Waals surface area (Å²) in [6.45, 7) is 11.1. The Kier molecular flexibility index (Phi) is 6.63. The molecule has 0 unspecified atom stereocenters. The van der Waals surface area contributed by atoms with E-state index in [0.717, 1.165) is 74.8 Å². The van der Waals surface area contributed by atoms with Crippen LogP contribution in [0.4, 0.5) is 0 Å². The predicted molar refractivity (Wildman–Crippen MR) is 133 cm³/mol. The third kappa shape index (κ3) is 3.86. The Bertz CT molecular complexity index is 859. The van der Waals surface area contributed by atoms with E-state index in [4.69, 9.17) is 4.74 Å². The molecule has 0 saturated heterocycles. The SMILES string of the molecule is CCC[C@@]1(O)CC[C@@]2(COC)[C@H](CC[C@H]3[C@@H]4CC[C@H]([C@@H](C)Cn5nnnc5C)[C@@]4(C)CC[C@@H]32)C1. The van der Waals surface area contributed by atoms with Crippen molar-refractivity contribution in [3.8, 4) is 0 Å². The van der Waals surface area contributed by atoms with Crippen LogP contribution >= 0.6 is 0 Å². The van der Waals surface area contributed by atoms with Crippen LogP contribution in [-0.2, 0) is 11.3 Å². The van der Waals surface area contributed by atoms with Crippen molar-refractivity contribution in [3.63, 3.8) is 0 Å². The van der Waals surface area contributed by atoms with Gasteiger partial charge in [-0.2, -0.15) is 0 Å². The minimum absolute atomic E-state index is 0.284. The lowest BCUT2D eigenvalue weighted by Gasteiger charge is -2.63. The number of methoxy groups -OCH3 is 1. The van der Waals surface area contributed by atoms with Gasteiger partial charge in [0.25, 0.3) is 0 Å². The predicted octanol–water partition coefficient (Wildman–Crippen LogP) is 5.43. The molecule has 4 aliphatic carbocycles. The summed E-state index contributed by atoms with van der Waals surface area (Å²) in [4.78, 5) is 0. The fourth-order valence-corrected chi connectivity index (χ4v) is 10.2. The van der Waals surface area contributed by atoms with Gasteiger partial charge in [0.05, 0.1) is 12.2 Å². The molecule has 0 bridgehead atoms. The Morgan fingerprint density at radius 3 is 2.65 bits per heavy atom. The zero-order valence-electron chi connectivity index (χ0n) is 22.3. The van der Waals surface area contributed by atoms with Gasteiger partial charge >= 0.3 is 0 Å². The van der Waals surface area contributed by atoms with Crippen LogP contribution in [0, 0.1) is 53.3 Å². The highest BCUT2D eigenvalue weighted by Crippen LogP contribution is 2.69. The van der Waals surface area contributed by atoms with Crippen LogP contribution in [0.5, 0.6) is 0 Å². The molecule has 4 aliphatic rings. The molecule has 1 N–H and O–H groups in total. The number of fused-ring (bicyclic) bond motifs is 5. The van der Waals surface area contributed by atoms with E-state index in [1.807, 2.05) is 18.7 Å². The van der Waals surface area contributed by atoms with E-state index in [9.17, 15) is 5.11 Å². The van der Waals surface area contributed by atoms with Gasteiger partial charge in [0.1, 0.15) is 5.82 Å². The van der Waals surface area contributed by atoms with Crippen molar-refractivity contribution in [3.05, 3.63) is 5.82 Å². The molecule has 0 spiro atoms. The average Bonchev–Trinajstić information content (AvgIpc) is 3.36. The first kappa shape index (κ1) is 24.7. The summed E-state index contributed by atoms with van der Waals surface area (Å²) in [6, 6.07) is 0. The number of aromatic nitrogens is 4. The van der Waals surface area contributed by atoms with Gasteiger partial charge in [-0.1, -0.05) is 27.2 Å². The van der Waals surface area contributed by atoms with Crippen molar-refractivity contribution in [2.45, 2.75) is 110 Å². The van der Waals surface area contributed by atoms with Gasteiger partial charge < -0.3 is 9.84 Å². The molecule has 6 heteroatoms. The number of hydrogen-bond donors (Lipinski definition) is 1. The van der Waals surface area contributed by atoms with Gasteiger partial charge in [-0.15, -0.1) is 5.10 Å². The van der Waals surface area contributed by atoms with Crippen LogP contribution in [0.2, 0.25) is 0 Å². The number of aryl methyl sites for hydroxylation is 1. The molecule has 4 saturated carbocycles. The Balaban J connectivity index is 1.36. The van der Waals surface area contributed by atoms with Gasteiger partial charge in [0, 0.05) is 13.7 Å². The number of aliphatic hydroxyl groups is 1. The smallest absolute Gasteiger partial charge is 0.148 e. The molecule has 1 aromatic heterocycles. The maximum Gasteiger partial charge on any atom is 0.148 e. The van der Waals surface area contributed by atoms with Crippen molar-refractivity contribution < 1.29 is 9.84 Å². The third-order valence-electron chi connectivity index (χ3n) is 11.6. The molecular weight excluding hydrogens is 424 g/mol. The highest BCUT2D eigenvalue weighted by molar-refractivity contribution is 5.12. The van der Waals surface area contributed by atoms with Crippen LogP contribution in [0.25, 0.3) is 0 Å². The fraction of sp³-hybridized carbons (Fsp3) is 0.964. The molecule has 5 rings (SSSR count). The molecule has 0 aromatic carbocycles. The zero-order chi connectivity index (χ0) is 24.1. The monoisotopic (exact) mass is 472 g/mol. The second-order valence-corrected chi connectivity index (χ2v) is 13.1. The standard InChI is InChI=1S/C28H48N4O2/c1-6-12-27(33)14-15-28(18-34-5)21(16-27)7-8-22-24-10-9-23(26(24,4)13-11-25(22)28)19(2)17-32-20(3)29-30-31-32/h19,21-25,33H,6-18H2,1-5H3/t19-,21+,22-,23+,24-,25-,26+,27+,28+/m0/s1. The largest absolute Gasteiger partial charge is 0.390 e. The minimum atomic E-state index is -0.436. The van der Waals surface area contributed by atoms with Gasteiger partial charge in [-0.25, -0.2) is 4.68 Å². The normalized spacial score (nSPS) is 44.8. The van der Waals surface area contributed by atoms with E-state index in [2.05, 4.69) is 36.3 Å². The van der Waals surface area contributed by atoms with Crippen molar-refractivity contribution in [1.82, 2.24) is 20.2 Å². The average molecular weight is 473 g/mol. The van der Waals surface area contributed by atoms with E-state index >= 15 is 0 Å². The zero-order valence-corrected chi connectivity index (χ0v) is 22.3. The number of nitrogens with zero attached hydrogens (tertiary/aromatic N) is 4. The molecular formula is C28H48N4O2. The summed E-state index contributed by atoms with van der Waals surface area (Å²) in [7, 11) is 1.91. The summed E-state index contributed by atoms with van der Waals surface area (Å²) in [5.41, 5.74) is 0.280. The molecule has 9 atom stereocenters. The Morgan fingerprint density at radius 2 is 1.94 bits per heavy atom. The molecule has 0 aliphatic heterocycles. The van der Waals surface area contributed by atoms with E-state index in [0.29, 0.717) is 17.3 Å². The highest BCUT2D eigenvalue weighted by Gasteiger charge is 2.63. The lowest BCUT2D eigenvalue weighted by molar-refractivity contribution is -0.180. The minimum Gasteiger partial charge on any atom is -0.390 e. The molecule has 0 radical (unpaired) electrons.